The third-order valence-electron chi connectivity index (χ3n) is 1.87. The number of ether oxygens (including phenoxy) is 1. The summed E-state index contributed by atoms with van der Waals surface area (Å²) in [4.78, 5) is 9.88. The van der Waals surface area contributed by atoms with E-state index < -0.39 is 4.92 Å². The molecule has 0 radical (unpaired) electrons. The van der Waals surface area contributed by atoms with Crippen LogP contribution in [-0.2, 0) is 0 Å². The average Bonchev–Trinajstić information content (AvgIpc) is 2.18. The minimum Gasteiger partial charge on any atom is -0.504 e. The molecule has 0 amide bonds. The first-order chi connectivity index (χ1) is 7.04. The van der Waals surface area contributed by atoms with Gasteiger partial charge in [0.25, 0.3) is 0 Å². The van der Waals surface area contributed by atoms with Crippen molar-refractivity contribution in [2.45, 2.75) is 6.92 Å². The van der Waals surface area contributed by atoms with Gasteiger partial charge in [-0.3, -0.25) is 10.1 Å². The number of rotatable bonds is 3. The van der Waals surface area contributed by atoms with Crippen molar-refractivity contribution in [3.05, 3.63) is 39.6 Å². The van der Waals surface area contributed by atoms with Crippen molar-refractivity contribution in [3.8, 4) is 11.5 Å². The van der Waals surface area contributed by atoms with Crippen molar-refractivity contribution >= 4 is 6.08 Å². The molecule has 0 heterocycles. The van der Waals surface area contributed by atoms with Gasteiger partial charge in [0.2, 0.25) is 5.70 Å². The Morgan fingerprint density at radius 1 is 1.60 bits per heavy atom. The van der Waals surface area contributed by atoms with Crippen LogP contribution in [0.4, 0.5) is 0 Å². The fourth-order valence-electron chi connectivity index (χ4n) is 1.09. The Balaban J connectivity index is 3.03. The molecule has 15 heavy (non-hydrogen) atoms. The van der Waals surface area contributed by atoms with Gasteiger partial charge in [-0.2, -0.15) is 0 Å². The van der Waals surface area contributed by atoms with Gasteiger partial charge >= 0.3 is 0 Å². The smallest absolute Gasteiger partial charge is 0.243 e. The number of benzene rings is 1. The molecule has 1 aromatic rings. The normalized spacial score (nSPS) is 11.2. The number of allylic oxidation sites excluding steroid dienone is 1. The Labute approximate surface area is 86.8 Å². The van der Waals surface area contributed by atoms with Crippen LogP contribution in [0.25, 0.3) is 6.08 Å². The van der Waals surface area contributed by atoms with Crippen LogP contribution in [0, 0.1) is 10.1 Å². The zero-order valence-corrected chi connectivity index (χ0v) is 8.43. The maximum absolute atomic E-state index is 10.4. The van der Waals surface area contributed by atoms with E-state index in [2.05, 4.69) is 0 Å². The molecule has 0 saturated carbocycles. The molecule has 0 unspecified atom stereocenters. The van der Waals surface area contributed by atoms with Crippen LogP contribution in [0.5, 0.6) is 11.5 Å². The van der Waals surface area contributed by atoms with Gasteiger partial charge in [0.05, 0.1) is 12.0 Å². The van der Waals surface area contributed by atoms with Gasteiger partial charge in [-0.05, 0) is 17.7 Å². The van der Waals surface area contributed by atoms with Crippen LogP contribution in [-0.4, -0.2) is 17.1 Å². The maximum atomic E-state index is 10.4. The second-order valence-corrected chi connectivity index (χ2v) is 2.97. The second kappa shape index (κ2) is 4.45. The first-order valence-corrected chi connectivity index (χ1v) is 4.24. The van der Waals surface area contributed by atoms with Crippen LogP contribution < -0.4 is 4.74 Å². The zero-order valence-electron chi connectivity index (χ0n) is 8.43. The van der Waals surface area contributed by atoms with Gasteiger partial charge < -0.3 is 9.84 Å². The van der Waals surface area contributed by atoms with Crippen LogP contribution in [0.2, 0.25) is 0 Å². The third-order valence-corrected chi connectivity index (χ3v) is 1.87. The van der Waals surface area contributed by atoms with E-state index in [1.54, 1.807) is 12.1 Å². The number of nitro groups is 1. The topological polar surface area (TPSA) is 72.6 Å². The summed E-state index contributed by atoms with van der Waals surface area (Å²) in [6.07, 6.45) is 1.37. The summed E-state index contributed by atoms with van der Waals surface area (Å²) < 4.78 is 4.85. The first kappa shape index (κ1) is 11.0. The number of phenols is 1. The first-order valence-electron chi connectivity index (χ1n) is 4.24. The van der Waals surface area contributed by atoms with Crippen molar-refractivity contribution in [1.82, 2.24) is 0 Å². The van der Waals surface area contributed by atoms with Crippen LogP contribution in [0.1, 0.15) is 12.5 Å². The molecule has 0 aromatic heterocycles. The summed E-state index contributed by atoms with van der Waals surface area (Å²) in [5.41, 5.74) is 0.571. The molecule has 0 aliphatic rings. The quantitative estimate of drug-likeness (QED) is 0.610. The molecule has 0 spiro atoms. The predicted molar refractivity (Wildman–Crippen MR) is 55.3 cm³/mol. The molecule has 0 saturated heterocycles. The van der Waals surface area contributed by atoms with Crippen molar-refractivity contribution in [2.75, 3.05) is 7.11 Å². The molecule has 5 nitrogen and oxygen atoms in total. The molecule has 0 fully saturated rings. The summed E-state index contributed by atoms with van der Waals surface area (Å²) in [5, 5.41) is 19.8. The summed E-state index contributed by atoms with van der Waals surface area (Å²) >= 11 is 0. The highest BCUT2D eigenvalue weighted by atomic mass is 16.6. The summed E-state index contributed by atoms with van der Waals surface area (Å²) in [6, 6.07) is 4.59. The van der Waals surface area contributed by atoms with Crippen LogP contribution >= 0.6 is 0 Å². The van der Waals surface area contributed by atoms with Crippen molar-refractivity contribution < 1.29 is 14.8 Å². The molecule has 80 valence electrons. The minimum atomic E-state index is -0.485. The standard InChI is InChI=1S/C10H11NO4/c1-7(11(13)14)5-8-3-4-10(15-2)9(12)6-8/h3-6,12H,1-2H3/b7-5+. The molecule has 0 aliphatic heterocycles. The van der Waals surface area contributed by atoms with Gasteiger partial charge in [0.15, 0.2) is 11.5 Å². The lowest BCUT2D eigenvalue weighted by atomic mass is 10.2. The molecular weight excluding hydrogens is 198 g/mol. The van der Waals surface area contributed by atoms with E-state index in [4.69, 9.17) is 4.74 Å². The minimum absolute atomic E-state index is 0.0135. The lowest BCUT2D eigenvalue weighted by molar-refractivity contribution is -0.422. The van der Waals surface area contributed by atoms with Crippen LogP contribution in [0.15, 0.2) is 23.9 Å². The Hall–Kier alpha value is -2.04. The number of aromatic hydroxyl groups is 1. The highest BCUT2D eigenvalue weighted by Gasteiger charge is 2.05. The fourth-order valence-corrected chi connectivity index (χ4v) is 1.09. The van der Waals surface area contributed by atoms with Crippen molar-refractivity contribution in [3.63, 3.8) is 0 Å². The number of hydrogen-bond donors (Lipinski definition) is 1. The Kier molecular flexibility index (Phi) is 3.28. The molecule has 5 heteroatoms. The van der Waals surface area contributed by atoms with Gasteiger partial charge in [-0.1, -0.05) is 6.07 Å². The lowest BCUT2D eigenvalue weighted by Crippen LogP contribution is -1.93. The Bertz CT molecular complexity index is 412. The van der Waals surface area contributed by atoms with E-state index in [0.29, 0.717) is 11.3 Å². The second-order valence-electron chi connectivity index (χ2n) is 2.97. The van der Waals surface area contributed by atoms with E-state index in [-0.39, 0.29) is 11.4 Å². The lowest BCUT2D eigenvalue weighted by Gasteiger charge is -2.03. The third kappa shape index (κ3) is 2.70. The van der Waals surface area contributed by atoms with Gasteiger partial charge in [-0.25, -0.2) is 0 Å². The monoisotopic (exact) mass is 209 g/mol. The van der Waals surface area contributed by atoms with E-state index >= 15 is 0 Å². The highest BCUT2D eigenvalue weighted by molar-refractivity contribution is 5.56. The fraction of sp³-hybridized carbons (Fsp3) is 0.200. The number of phenolic OH excluding ortho intramolecular Hbond substituents is 1. The van der Waals surface area contributed by atoms with E-state index in [1.165, 1.54) is 26.2 Å². The zero-order chi connectivity index (χ0) is 11.4. The molecule has 1 N–H and O–H groups in total. The van der Waals surface area contributed by atoms with Crippen LogP contribution in [0.3, 0.4) is 0 Å². The molecule has 0 atom stereocenters. The highest BCUT2D eigenvalue weighted by Crippen LogP contribution is 2.27. The Morgan fingerprint density at radius 2 is 2.27 bits per heavy atom. The van der Waals surface area contributed by atoms with Gasteiger partial charge in [0.1, 0.15) is 0 Å². The summed E-state index contributed by atoms with van der Waals surface area (Å²) in [5.74, 6) is 0.299. The van der Waals surface area contributed by atoms with E-state index in [1.807, 2.05) is 0 Å². The maximum Gasteiger partial charge on any atom is 0.243 e. The summed E-state index contributed by atoms with van der Waals surface area (Å²) in [7, 11) is 1.44. The molecule has 1 rings (SSSR count). The molecular formula is C10H11NO4. The van der Waals surface area contributed by atoms with Crippen molar-refractivity contribution in [1.29, 1.82) is 0 Å². The van der Waals surface area contributed by atoms with Crippen molar-refractivity contribution in [2.24, 2.45) is 0 Å². The SMILES string of the molecule is COc1ccc(/C=C(\C)[N+](=O)[O-])cc1O. The predicted octanol–water partition coefficient (Wildman–Crippen LogP) is 2.04. The number of methoxy groups -OCH3 is 1. The molecule has 0 aliphatic carbocycles. The van der Waals surface area contributed by atoms with E-state index in [0.717, 1.165) is 0 Å². The Morgan fingerprint density at radius 3 is 2.73 bits per heavy atom. The van der Waals surface area contributed by atoms with E-state index in [9.17, 15) is 15.2 Å². The molecule has 1 aromatic carbocycles. The number of hydrogen-bond acceptors (Lipinski definition) is 4. The van der Waals surface area contributed by atoms with Gasteiger partial charge in [-0.15, -0.1) is 0 Å². The van der Waals surface area contributed by atoms with Gasteiger partial charge in [0, 0.05) is 13.0 Å². The average molecular weight is 209 g/mol. The molecule has 0 bridgehead atoms. The largest absolute Gasteiger partial charge is 0.504 e. The number of nitrogens with zero attached hydrogens (tertiary/aromatic N) is 1. The summed E-state index contributed by atoms with van der Waals surface area (Å²) in [6.45, 7) is 1.39.